The van der Waals surface area contributed by atoms with Gasteiger partial charge in [-0.25, -0.2) is 8.78 Å². The molecular weight excluding hydrogens is 901 g/mol. The van der Waals surface area contributed by atoms with E-state index in [-0.39, 0.29) is 11.6 Å². The Morgan fingerprint density at radius 3 is 1.48 bits per heavy atom. The second-order valence-electron chi connectivity index (χ2n) is 18.7. The summed E-state index contributed by atoms with van der Waals surface area (Å²) in [6.07, 6.45) is 0. The highest BCUT2D eigenvalue weighted by Crippen LogP contribution is 2.64. The molecule has 0 unspecified atom stereocenters. The van der Waals surface area contributed by atoms with Crippen LogP contribution in [0.5, 0.6) is 0 Å². The molecule has 1 aliphatic heterocycles. The molecule has 0 N–H and O–H groups in total. The summed E-state index contributed by atoms with van der Waals surface area (Å²) < 4.78 is 35.0. The zero-order valence-corrected chi connectivity index (χ0v) is 39.3. The third-order valence-electron chi connectivity index (χ3n) is 14.8. The third-order valence-corrected chi connectivity index (χ3v) is 14.8. The van der Waals surface area contributed by atoms with Gasteiger partial charge in [0.1, 0.15) is 22.8 Å². The maximum absolute atomic E-state index is 14.2. The van der Waals surface area contributed by atoms with Crippen LogP contribution in [0.3, 0.4) is 0 Å². The molecule has 0 bridgehead atoms. The Morgan fingerprint density at radius 1 is 0.329 bits per heavy atom. The minimum absolute atomic E-state index is 0.336. The number of halogens is 2. The predicted octanol–water partition coefficient (Wildman–Crippen LogP) is 18.6. The summed E-state index contributed by atoms with van der Waals surface area (Å²) in [4.78, 5) is 6.75. The minimum atomic E-state index is -0.591. The van der Waals surface area contributed by atoms with Crippen molar-refractivity contribution >= 4 is 73.1 Å². The summed E-state index contributed by atoms with van der Waals surface area (Å²) in [6.45, 7) is 0. The minimum Gasteiger partial charge on any atom is -0.456 e. The van der Waals surface area contributed by atoms with E-state index in [0.717, 1.165) is 73.1 Å². The van der Waals surface area contributed by atoms with E-state index in [0.29, 0.717) is 5.58 Å². The van der Waals surface area contributed by atoms with Crippen LogP contribution < -0.4 is 14.7 Å². The second-order valence-corrected chi connectivity index (χ2v) is 18.7. The van der Waals surface area contributed by atoms with Crippen LogP contribution in [0, 0.1) is 11.6 Å². The van der Waals surface area contributed by atoms with Crippen molar-refractivity contribution in [3.63, 3.8) is 0 Å². The highest BCUT2D eigenvalue weighted by molar-refractivity contribution is 6.08. The summed E-state index contributed by atoms with van der Waals surface area (Å²) in [6, 6.07) is 88.9. The van der Waals surface area contributed by atoms with E-state index in [4.69, 9.17) is 4.42 Å². The van der Waals surface area contributed by atoms with E-state index in [9.17, 15) is 8.78 Å². The molecule has 11 aromatic carbocycles. The average molecular weight is 944 g/mol. The first kappa shape index (κ1) is 42.4. The fraction of sp³-hybridized carbons (Fsp3) is 0.0149. The molecule has 14 rings (SSSR count). The third kappa shape index (κ3) is 6.72. The van der Waals surface area contributed by atoms with Crippen molar-refractivity contribution in [2.75, 3.05) is 14.7 Å². The van der Waals surface area contributed by atoms with E-state index in [1.54, 1.807) is 24.3 Å². The fourth-order valence-electron chi connectivity index (χ4n) is 11.6. The van der Waals surface area contributed by atoms with E-state index in [2.05, 4.69) is 210 Å². The van der Waals surface area contributed by atoms with Gasteiger partial charge in [-0.1, -0.05) is 133 Å². The first-order valence-electron chi connectivity index (χ1n) is 24.5. The maximum Gasteiger partial charge on any atom is 0.137 e. The summed E-state index contributed by atoms with van der Waals surface area (Å²) in [5, 5.41) is 1.90. The largest absolute Gasteiger partial charge is 0.456 e. The van der Waals surface area contributed by atoms with Gasteiger partial charge in [-0.05, 0) is 166 Å². The van der Waals surface area contributed by atoms with Gasteiger partial charge in [0.05, 0.1) is 16.8 Å². The Hall–Kier alpha value is -9.52. The van der Waals surface area contributed by atoms with Gasteiger partial charge in [-0.3, -0.25) is 0 Å². The van der Waals surface area contributed by atoms with E-state index >= 15 is 0 Å². The summed E-state index contributed by atoms with van der Waals surface area (Å²) in [5.74, 6) is -0.672. The standard InChI is InChI=1S/C67H43F2N3O/c68-46-25-31-49(32-26-46)70(50-33-27-47(69)28-34-50)54-35-38-57-58-41-52(37-40-65(58)73-66(57)43-54)71(48-15-5-2-6-16-48)53-36-39-62-64(42-53)72(51-29-23-45(24-30-51)44-13-3-1-4-14-44)63-22-12-11-21-61(63)67(62)59-19-9-7-17-55(59)56-18-8-10-20-60(56)67/h1-43H. The molecule has 0 amide bonds. The zero-order valence-electron chi connectivity index (χ0n) is 39.3. The summed E-state index contributed by atoms with van der Waals surface area (Å²) in [7, 11) is 0. The first-order valence-corrected chi connectivity index (χ1v) is 24.5. The van der Waals surface area contributed by atoms with Crippen LogP contribution >= 0.6 is 0 Å². The molecule has 1 aromatic heterocycles. The van der Waals surface area contributed by atoms with Gasteiger partial charge in [-0.15, -0.1) is 0 Å². The average Bonchev–Trinajstić information content (AvgIpc) is 3.96. The molecule has 6 heteroatoms. The molecule has 1 aliphatic carbocycles. The van der Waals surface area contributed by atoms with Crippen LogP contribution in [0.4, 0.5) is 60.0 Å². The zero-order chi connectivity index (χ0) is 48.6. The Bertz CT molecular complexity index is 3970. The normalized spacial score (nSPS) is 12.9. The van der Waals surface area contributed by atoms with Crippen molar-refractivity contribution in [1.82, 2.24) is 0 Å². The molecule has 0 saturated carbocycles. The van der Waals surface area contributed by atoms with Gasteiger partial charge < -0.3 is 19.1 Å². The number of fused-ring (bicyclic) bond motifs is 12. The van der Waals surface area contributed by atoms with Crippen LogP contribution in [0.1, 0.15) is 22.3 Å². The van der Waals surface area contributed by atoms with E-state index in [1.165, 1.54) is 63.2 Å². The molecule has 4 nitrogen and oxygen atoms in total. The van der Waals surface area contributed by atoms with Gasteiger partial charge in [0, 0.05) is 56.7 Å². The monoisotopic (exact) mass is 943 g/mol. The SMILES string of the molecule is Fc1ccc(N(c2ccc(F)cc2)c2ccc3c(c2)oc2ccc(N(c4ccccc4)c4ccc5c(c4)N(c4ccc(-c6ccccc6)cc4)c4ccccc4C54c5ccccc5-c5ccccc54)cc23)cc1. The number of para-hydroxylation sites is 2. The molecule has 0 saturated heterocycles. The number of rotatable bonds is 8. The Morgan fingerprint density at radius 2 is 0.808 bits per heavy atom. The molecule has 346 valence electrons. The van der Waals surface area contributed by atoms with E-state index in [1.807, 2.05) is 17.0 Å². The van der Waals surface area contributed by atoms with Gasteiger partial charge in [0.25, 0.3) is 0 Å². The molecule has 2 heterocycles. The second kappa shape index (κ2) is 16.8. The lowest BCUT2D eigenvalue weighted by Crippen LogP contribution is -2.36. The highest BCUT2D eigenvalue weighted by atomic mass is 19.1. The Balaban J connectivity index is 0.955. The topological polar surface area (TPSA) is 22.9 Å². The maximum atomic E-state index is 14.2. The Kier molecular flexibility index (Phi) is 9.76. The summed E-state index contributed by atoms with van der Waals surface area (Å²) in [5.41, 5.74) is 19.1. The van der Waals surface area contributed by atoms with Gasteiger partial charge >= 0.3 is 0 Å². The van der Waals surface area contributed by atoms with Crippen molar-refractivity contribution in [3.8, 4) is 22.3 Å². The first-order chi connectivity index (χ1) is 36.0. The number of benzene rings is 11. The molecule has 0 radical (unpaired) electrons. The van der Waals surface area contributed by atoms with Gasteiger partial charge in [0.2, 0.25) is 0 Å². The number of hydrogen-bond acceptors (Lipinski definition) is 4. The quantitative estimate of drug-likeness (QED) is 0.151. The van der Waals surface area contributed by atoms with Crippen molar-refractivity contribution in [3.05, 3.63) is 295 Å². The van der Waals surface area contributed by atoms with Crippen molar-refractivity contribution in [2.45, 2.75) is 5.41 Å². The molecule has 73 heavy (non-hydrogen) atoms. The van der Waals surface area contributed by atoms with Crippen LogP contribution in [-0.4, -0.2) is 0 Å². The van der Waals surface area contributed by atoms with Crippen LogP contribution in [-0.2, 0) is 5.41 Å². The molecule has 0 atom stereocenters. The lowest BCUT2D eigenvalue weighted by molar-refractivity contribution is 0.628. The van der Waals surface area contributed by atoms with Gasteiger partial charge in [-0.2, -0.15) is 0 Å². The smallest absolute Gasteiger partial charge is 0.137 e. The molecular formula is C67H43F2N3O. The number of hydrogen-bond donors (Lipinski definition) is 0. The summed E-state index contributed by atoms with van der Waals surface area (Å²) >= 11 is 0. The highest BCUT2D eigenvalue weighted by Gasteiger charge is 2.51. The lowest BCUT2D eigenvalue weighted by atomic mass is 9.64. The van der Waals surface area contributed by atoms with Crippen LogP contribution in [0.15, 0.2) is 265 Å². The number of anilines is 9. The predicted molar refractivity (Wildman–Crippen MR) is 294 cm³/mol. The lowest BCUT2D eigenvalue weighted by Gasteiger charge is -2.45. The van der Waals surface area contributed by atoms with Crippen molar-refractivity contribution < 1.29 is 13.2 Å². The van der Waals surface area contributed by atoms with Crippen LogP contribution in [0.2, 0.25) is 0 Å². The molecule has 12 aromatic rings. The molecule has 0 fully saturated rings. The van der Waals surface area contributed by atoms with Crippen LogP contribution in [0.25, 0.3) is 44.2 Å². The number of furan rings is 1. The van der Waals surface area contributed by atoms with Crippen molar-refractivity contribution in [1.29, 1.82) is 0 Å². The molecule has 2 aliphatic rings. The Labute approximate surface area is 421 Å². The van der Waals surface area contributed by atoms with Crippen molar-refractivity contribution in [2.24, 2.45) is 0 Å². The fourth-order valence-corrected chi connectivity index (χ4v) is 11.6. The van der Waals surface area contributed by atoms with Gasteiger partial charge in [0.15, 0.2) is 0 Å². The van der Waals surface area contributed by atoms with E-state index < -0.39 is 5.41 Å². The molecule has 1 spiro atoms. The number of nitrogens with zero attached hydrogens (tertiary/aromatic N) is 3.